The van der Waals surface area contributed by atoms with E-state index >= 15 is 0 Å². The number of fused-ring (bicyclic) bond motifs is 1. The lowest BCUT2D eigenvalue weighted by atomic mass is 9.99. The Morgan fingerprint density at radius 1 is 1.50 bits per heavy atom. The monoisotopic (exact) mass is 226 g/mol. The normalized spacial score (nSPS) is 21.3. The van der Waals surface area contributed by atoms with Gasteiger partial charge in [0.2, 0.25) is 0 Å². The van der Waals surface area contributed by atoms with Crippen molar-refractivity contribution >= 4 is 21.6 Å². The lowest BCUT2D eigenvalue weighted by Gasteiger charge is -2.23. The second kappa shape index (κ2) is 3.07. The predicted molar refractivity (Wildman–Crippen MR) is 54.2 cm³/mol. The zero-order valence-electron chi connectivity index (χ0n) is 6.68. The van der Waals surface area contributed by atoms with Crippen LogP contribution in [0.2, 0.25) is 0 Å². The maximum Gasteiger partial charge on any atom is 0.0389 e. The van der Waals surface area contributed by atoms with Crippen LogP contribution in [0.4, 0.5) is 5.69 Å². The van der Waals surface area contributed by atoms with Gasteiger partial charge in [-0.25, -0.2) is 0 Å². The van der Waals surface area contributed by atoms with Gasteiger partial charge in [0.05, 0.1) is 0 Å². The molecule has 0 aromatic heterocycles. The van der Waals surface area contributed by atoms with Crippen molar-refractivity contribution in [2.24, 2.45) is 5.73 Å². The summed E-state index contributed by atoms with van der Waals surface area (Å²) in [5, 5.41) is 3.32. The first kappa shape index (κ1) is 8.08. The van der Waals surface area contributed by atoms with Gasteiger partial charge in [-0.15, -0.1) is 0 Å². The summed E-state index contributed by atoms with van der Waals surface area (Å²) in [7, 11) is 0. The molecule has 0 aliphatic carbocycles. The highest BCUT2D eigenvalue weighted by Gasteiger charge is 2.15. The minimum atomic E-state index is 0.193. The number of benzene rings is 1. The summed E-state index contributed by atoms with van der Waals surface area (Å²) in [5.41, 5.74) is 8.35. The summed E-state index contributed by atoms with van der Waals surface area (Å²) in [6.45, 7) is 0.982. The minimum Gasteiger partial charge on any atom is -0.385 e. The fourth-order valence-corrected chi connectivity index (χ4v) is 1.90. The van der Waals surface area contributed by atoms with Gasteiger partial charge in [0, 0.05) is 22.7 Å². The van der Waals surface area contributed by atoms with E-state index < -0.39 is 0 Å². The summed E-state index contributed by atoms with van der Waals surface area (Å²) in [5.74, 6) is 0. The molecular formula is C9H11BrN2. The van der Waals surface area contributed by atoms with Gasteiger partial charge in [-0.3, -0.25) is 0 Å². The molecule has 1 aromatic carbocycles. The van der Waals surface area contributed by atoms with E-state index in [-0.39, 0.29) is 6.04 Å². The topological polar surface area (TPSA) is 38.0 Å². The Bertz CT molecular complexity index is 299. The summed E-state index contributed by atoms with van der Waals surface area (Å²) < 4.78 is 1.10. The van der Waals surface area contributed by atoms with Crippen LogP contribution >= 0.6 is 15.9 Å². The molecule has 0 spiro atoms. The Balaban J connectivity index is 2.47. The van der Waals surface area contributed by atoms with Crippen LogP contribution in [0.1, 0.15) is 18.0 Å². The molecule has 3 heteroatoms. The molecule has 12 heavy (non-hydrogen) atoms. The SMILES string of the molecule is NC1CCNc2ccc(Br)cc21. The van der Waals surface area contributed by atoms with Crippen LogP contribution < -0.4 is 11.1 Å². The predicted octanol–water partition coefficient (Wildman–Crippen LogP) is 2.26. The fourth-order valence-electron chi connectivity index (χ4n) is 1.52. The Labute approximate surface area is 80.3 Å². The molecule has 0 amide bonds. The fraction of sp³-hybridized carbons (Fsp3) is 0.333. The molecule has 1 aromatic rings. The lowest BCUT2D eigenvalue weighted by Crippen LogP contribution is -2.22. The first-order valence-corrected chi connectivity index (χ1v) is 4.85. The molecule has 2 nitrogen and oxygen atoms in total. The third kappa shape index (κ3) is 1.34. The summed E-state index contributed by atoms with van der Waals surface area (Å²) in [6.07, 6.45) is 1.02. The first-order valence-electron chi connectivity index (χ1n) is 4.06. The molecule has 0 fully saturated rings. The molecule has 0 saturated carbocycles. The third-order valence-corrected chi connectivity index (χ3v) is 2.68. The Morgan fingerprint density at radius 2 is 2.33 bits per heavy atom. The second-order valence-corrected chi connectivity index (χ2v) is 3.97. The smallest absolute Gasteiger partial charge is 0.0389 e. The van der Waals surface area contributed by atoms with Gasteiger partial charge < -0.3 is 11.1 Å². The van der Waals surface area contributed by atoms with Crippen molar-refractivity contribution in [1.29, 1.82) is 0 Å². The highest BCUT2D eigenvalue weighted by atomic mass is 79.9. The molecule has 1 aliphatic heterocycles. The first-order chi connectivity index (χ1) is 5.77. The quantitative estimate of drug-likeness (QED) is 0.713. The minimum absolute atomic E-state index is 0.193. The van der Waals surface area contributed by atoms with Gasteiger partial charge in [0.1, 0.15) is 0 Å². The molecule has 3 N–H and O–H groups in total. The highest BCUT2D eigenvalue weighted by Crippen LogP contribution is 2.30. The molecular weight excluding hydrogens is 216 g/mol. The van der Waals surface area contributed by atoms with Gasteiger partial charge >= 0.3 is 0 Å². The molecule has 0 radical (unpaired) electrons. The summed E-state index contributed by atoms with van der Waals surface area (Å²) in [4.78, 5) is 0. The average molecular weight is 227 g/mol. The number of nitrogens with two attached hydrogens (primary N) is 1. The van der Waals surface area contributed by atoms with Gasteiger partial charge in [0.25, 0.3) is 0 Å². The second-order valence-electron chi connectivity index (χ2n) is 3.05. The molecule has 1 heterocycles. The third-order valence-electron chi connectivity index (χ3n) is 2.18. The molecule has 1 unspecified atom stereocenters. The Morgan fingerprint density at radius 3 is 3.17 bits per heavy atom. The molecule has 2 rings (SSSR count). The van der Waals surface area contributed by atoms with Gasteiger partial charge in [-0.1, -0.05) is 15.9 Å². The van der Waals surface area contributed by atoms with E-state index in [1.54, 1.807) is 0 Å². The van der Waals surface area contributed by atoms with Crippen LogP contribution in [0.3, 0.4) is 0 Å². The maximum atomic E-state index is 5.95. The van der Waals surface area contributed by atoms with Crippen molar-refractivity contribution in [3.8, 4) is 0 Å². The van der Waals surface area contributed by atoms with E-state index in [1.165, 1.54) is 11.3 Å². The zero-order chi connectivity index (χ0) is 8.55. The van der Waals surface area contributed by atoms with E-state index in [1.807, 2.05) is 6.07 Å². The van der Waals surface area contributed by atoms with Crippen molar-refractivity contribution < 1.29 is 0 Å². The number of nitrogens with one attached hydrogen (secondary N) is 1. The van der Waals surface area contributed by atoms with Crippen LogP contribution in [-0.4, -0.2) is 6.54 Å². The molecule has 1 aliphatic rings. The van der Waals surface area contributed by atoms with Crippen molar-refractivity contribution in [3.05, 3.63) is 28.2 Å². The van der Waals surface area contributed by atoms with Crippen molar-refractivity contribution in [2.75, 3.05) is 11.9 Å². The number of anilines is 1. The molecule has 0 bridgehead atoms. The molecule has 0 saturated heterocycles. The molecule has 64 valence electrons. The number of rotatable bonds is 0. The van der Waals surface area contributed by atoms with E-state index in [4.69, 9.17) is 5.73 Å². The Kier molecular flexibility index (Phi) is 2.07. The average Bonchev–Trinajstić information content (AvgIpc) is 2.07. The van der Waals surface area contributed by atoms with Crippen molar-refractivity contribution in [2.45, 2.75) is 12.5 Å². The number of hydrogen-bond acceptors (Lipinski definition) is 2. The van der Waals surface area contributed by atoms with E-state index in [0.717, 1.165) is 17.4 Å². The van der Waals surface area contributed by atoms with Crippen LogP contribution in [0.15, 0.2) is 22.7 Å². The summed E-state index contributed by atoms with van der Waals surface area (Å²) in [6, 6.07) is 6.38. The number of hydrogen-bond donors (Lipinski definition) is 2. The van der Waals surface area contributed by atoms with Crippen LogP contribution in [0, 0.1) is 0 Å². The van der Waals surface area contributed by atoms with Gasteiger partial charge in [-0.2, -0.15) is 0 Å². The summed E-state index contributed by atoms with van der Waals surface area (Å²) >= 11 is 3.43. The lowest BCUT2D eigenvalue weighted by molar-refractivity contribution is 0.654. The highest BCUT2D eigenvalue weighted by molar-refractivity contribution is 9.10. The van der Waals surface area contributed by atoms with Crippen LogP contribution in [-0.2, 0) is 0 Å². The van der Waals surface area contributed by atoms with Crippen LogP contribution in [0.25, 0.3) is 0 Å². The number of halogens is 1. The standard InChI is InChI=1S/C9H11BrN2/c10-6-1-2-9-7(5-6)8(11)3-4-12-9/h1-2,5,8,12H,3-4,11H2. The van der Waals surface area contributed by atoms with E-state index in [9.17, 15) is 0 Å². The van der Waals surface area contributed by atoms with Crippen molar-refractivity contribution in [1.82, 2.24) is 0 Å². The van der Waals surface area contributed by atoms with E-state index in [2.05, 4.69) is 33.4 Å². The molecule has 1 atom stereocenters. The Hall–Kier alpha value is -0.540. The maximum absolute atomic E-state index is 5.95. The van der Waals surface area contributed by atoms with Crippen LogP contribution in [0.5, 0.6) is 0 Å². The van der Waals surface area contributed by atoms with Gasteiger partial charge in [-0.05, 0) is 30.2 Å². The van der Waals surface area contributed by atoms with E-state index in [0.29, 0.717) is 0 Å². The zero-order valence-corrected chi connectivity index (χ0v) is 8.26. The van der Waals surface area contributed by atoms with Gasteiger partial charge in [0.15, 0.2) is 0 Å². The largest absolute Gasteiger partial charge is 0.385 e. The van der Waals surface area contributed by atoms with Crippen molar-refractivity contribution in [3.63, 3.8) is 0 Å².